The summed E-state index contributed by atoms with van der Waals surface area (Å²) in [6, 6.07) is 30.1. The van der Waals surface area contributed by atoms with E-state index in [9.17, 15) is 19.2 Å². The first kappa shape index (κ1) is 28.7. The Morgan fingerprint density at radius 3 is 2.40 bits per heavy atom. The highest BCUT2D eigenvalue weighted by atomic mass is 32.2. The van der Waals surface area contributed by atoms with Gasteiger partial charge in [-0.2, -0.15) is 5.26 Å². The molecule has 5 aromatic rings. The van der Waals surface area contributed by atoms with Gasteiger partial charge in [-0.1, -0.05) is 66.4 Å². The molecule has 5 rings (SSSR count). The lowest BCUT2D eigenvalue weighted by Crippen LogP contribution is -2.22. The minimum atomic E-state index is -0.640. The number of pyridine rings is 1. The van der Waals surface area contributed by atoms with E-state index in [1.165, 1.54) is 12.1 Å². The molecule has 0 bridgehead atoms. The number of halogens is 1. The van der Waals surface area contributed by atoms with E-state index in [2.05, 4.69) is 11.4 Å². The number of hydrogen-bond acceptors (Lipinski definition) is 6. The number of rotatable bonds is 9. The van der Waals surface area contributed by atoms with Crippen LogP contribution < -0.4 is 5.32 Å². The van der Waals surface area contributed by atoms with Crippen LogP contribution in [0.15, 0.2) is 114 Å². The number of aromatic nitrogens is 1. The Hall–Kier alpha value is -4.84. The van der Waals surface area contributed by atoms with Crippen molar-refractivity contribution in [2.24, 2.45) is 0 Å². The maximum absolute atomic E-state index is 14.9. The Labute approximate surface area is 251 Å². The monoisotopic (exact) mass is 589 g/mol. The molecule has 5 nitrogen and oxygen atoms in total. The average Bonchev–Trinajstić information content (AvgIpc) is 3.54. The first-order chi connectivity index (χ1) is 20.4. The van der Waals surface area contributed by atoms with Gasteiger partial charge in [0.05, 0.1) is 16.5 Å². The van der Waals surface area contributed by atoms with E-state index in [4.69, 9.17) is 4.98 Å². The van der Waals surface area contributed by atoms with E-state index in [-0.39, 0.29) is 22.8 Å². The van der Waals surface area contributed by atoms with E-state index >= 15 is 0 Å². The number of carbonyl (C=O) groups excluding carboxylic acids is 2. The Morgan fingerprint density at radius 2 is 1.71 bits per heavy atom. The molecule has 2 aromatic heterocycles. The molecule has 2 heterocycles. The van der Waals surface area contributed by atoms with Gasteiger partial charge >= 0.3 is 0 Å². The number of anilines is 1. The smallest absolute Gasteiger partial charge is 0.237 e. The van der Waals surface area contributed by atoms with Crippen LogP contribution in [0.25, 0.3) is 28.5 Å². The lowest BCUT2D eigenvalue weighted by atomic mass is 9.99. The quantitative estimate of drug-likeness (QED) is 0.106. The molecule has 1 amide bonds. The zero-order valence-electron chi connectivity index (χ0n) is 22.5. The number of thioether (sulfide) groups is 1. The Bertz CT molecular complexity index is 1800. The Balaban J connectivity index is 1.37. The number of hydrogen-bond donors (Lipinski definition) is 1. The highest BCUT2D eigenvalue weighted by molar-refractivity contribution is 8.00. The number of carbonyl (C=O) groups is 2. The van der Waals surface area contributed by atoms with Crippen LogP contribution in [0.2, 0.25) is 0 Å². The molecule has 206 valence electrons. The second-order valence-electron chi connectivity index (χ2n) is 9.23. The summed E-state index contributed by atoms with van der Waals surface area (Å²) >= 11 is 2.68. The van der Waals surface area contributed by atoms with Gasteiger partial charge in [-0.3, -0.25) is 9.59 Å². The predicted molar refractivity (Wildman–Crippen MR) is 168 cm³/mol. The summed E-state index contributed by atoms with van der Waals surface area (Å²) in [5, 5.41) is 14.6. The average molecular weight is 590 g/mol. The molecule has 0 aliphatic heterocycles. The van der Waals surface area contributed by atoms with Crippen molar-refractivity contribution < 1.29 is 14.0 Å². The number of nitrogens with zero attached hydrogens (tertiary/aromatic N) is 2. The summed E-state index contributed by atoms with van der Waals surface area (Å²) in [7, 11) is 0. The molecule has 0 saturated carbocycles. The van der Waals surface area contributed by atoms with Crippen LogP contribution >= 0.6 is 23.1 Å². The standard InChI is InChI=1S/C34H24FN3O2S2/c1-22(33(40)37-25-15-13-24(14-16-25)32(39)18-17-26-10-7-19-41-26)42-34-29(21-36)28(27-11-5-6-12-30(27)35)20-31(38-34)23-8-3-2-4-9-23/h2-20,22H,1H3,(H,37,40)/b18-17+/t22-/m0/s1. The van der Waals surface area contributed by atoms with Crippen LogP contribution in [-0.2, 0) is 4.79 Å². The zero-order chi connectivity index (χ0) is 29.5. The summed E-state index contributed by atoms with van der Waals surface area (Å²) in [6.07, 6.45) is 3.30. The maximum atomic E-state index is 14.9. The normalized spacial score (nSPS) is 11.6. The molecule has 0 spiro atoms. The fourth-order valence-corrected chi connectivity index (χ4v) is 5.73. The van der Waals surface area contributed by atoms with Gasteiger partial charge in [0, 0.05) is 32.8 Å². The number of amides is 1. The van der Waals surface area contributed by atoms with Gasteiger partial charge in [-0.05, 0) is 66.9 Å². The van der Waals surface area contributed by atoms with Crippen LogP contribution in [0.5, 0.6) is 0 Å². The third-order valence-corrected chi connectivity index (χ3v) is 8.29. The van der Waals surface area contributed by atoms with Crippen molar-refractivity contribution in [3.8, 4) is 28.5 Å². The number of benzene rings is 3. The molecule has 42 heavy (non-hydrogen) atoms. The third kappa shape index (κ3) is 6.72. The Morgan fingerprint density at radius 1 is 0.976 bits per heavy atom. The molecule has 8 heteroatoms. The molecule has 0 radical (unpaired) electrons. The van der Waals surface area contributed by atoms with Crippen molar-refractivity contribution >= 4 is 46.6 Å². The lowest BCUT2D eigenvalue weighted by molar-refractivity contribution is -0.115. The largest absolute Gasteiger partial charge is 0.325 e. The highest BCUT2D eigenvalue weighted by Crippen LogP contribution is 2.36. The molecule has 0 fully saturated rings. The third-order valence-electron chi connectivity index (χ3n) is 6.37. The molecule has 1 atom stereocenters. The summed E-state index contributed by atoms with van der Waals surface area (Å²) in [5.41, 5.74) is 3.30. The van der Waals surface area contributed by atoms with Crippen LogP contribution in [0.4, 0.5) is 10.1 Å². The molecular formula is C34H24FN3O2S2. The fraction of sp³-hybridized carbons (Fsp3) is 0.0588. The van der Waals surface area contributed by atoms with Crippen molar-refractivity contribution in [3.05, 3.63) is 130 Å². The number of nitriles is 1. The second-order valence-corrected chi connectivity index (χ2v) is 11.5. The minimum Gasteiger partial charge on any atom is -0.325 e. The number of nitrogens with one attached hydrogen (secondary N) is 1. The molecule has 0 aliphatic carbocycles. The van der Waals surface area contributed by atoms with Crippen molar-refractivity contribution in [1.29, 1.82) is 5.26 Å². The molecule has 1 N–H and O–H groups in total. The molecule has 3 aromatic carbocycles. The summed E-state index contributed by atoms with van der Waals surface area (Å²) in [6.45, 7) is 1.72. The van der Waals surface area contributed by atoms with Gasteiger partial charge in [-0.25, -0.2) is 9.37 Å². The number of allylic oxidation sites excluding steroid dienone is 1. The van der Waals surface area contributed by atoms with Gasteiger partial charge in [-0.15, -0.1) is 11.3 Å². The van der Waals surface area contributed by atoms with Gasteiger partial charge in [0.2, 0.25) is 5.91 Å². The fourth-order valence-electron chi connectivity index (χ4n) is 4.19. The summed E-state index contributed by atoms with van der Waals surface area (Å²) in [4.78, 5) is 31.4. The van der Waals surface area contributed by atoms with E-state index in [1.54, 1.807) is 72.9 Å². The van der Waals surface area contributed by atoms with Crippen LogP contribution in [0, 0.1) is 17.1 Å². The van der Waals surface area contributed by atoms with Crippen molar-refractivity contribution in [2.45, 2.75) is 17.2 Å². The van der Waals surface area contributed by atoms with Crippen molar-refractivity contribution in [3.63, 3.8) is 0 Å². The van der Waals surface area contributed by atoms with Gasteiger partial charge in [0.15, 0.2) is 5.78 Å². The van der Waals surface area contributed by atoms with Crippen molar-refractivity contribution in [2.75, 3.05) is 5.32 Å². The van der Waals surface area contributed by atoms with E-state index < -0.39 is 11.1 Å². The van der Waals surface area contributed by atoms with Crippen molar-refractivity contribution in [1.82, 2.24) is 4.98 Å². The summed E-state index contributed by atoms with van der Waals surface area (Å²) in [5.74, 6) is -0.894. The minimum absolute atomic E-state index is 0.135. The molecule has 0 unspecified atom stereocenters. The van der Waals surface area contributed by atoms with E-state index in [1.807, 2.05) is 47.8 Å². The van der Waals surface area contributed by atoms with Crippen LogP contribution in [-0.4, -0.2) is 21.9 Å². The first-order valence-electron chi connectivity index (χ1n) is 13.0. The predicted octanol–water partition coefficient (Wildman–Crippen LogP) is 8.50. The van der Waals surface area contributed by atoms with Gasteiger partial charge in [0.25, 0.3) is 0 Å². The van der Waals surface area contributed by atoms with E-state index in [0.29, 0.717) is 27.5 Å². The number of thiophene rings is 1. The highest BCUT2D eigenvalue weighted by Gasteiger charge is 2.22. The van der Waals surface area contributed by atoms with Gasteiger partial charge in [0.1, 0.15) is 16.9 Å². The molecule has 0 saturated heterocycles. The Kier molecular flexibility index (Phi) is 9.02. The maximum Gasteiger partial charge on any atom is 0.237 e. The van der Waals surface area contributed by atoms with Gasteiger partial charge < -0.3 is 5.32 Å². The second kappa shape index (κ2) is 13.2. The van der Waals surface area contributed by atoms with E-state index in [0.717, 1.165) is 22.2 Å². The summed E-state index contributed by atoms with van der Waals surface area (Å²) < 4.78 is 14.9. The SMILES string of the molecule is C[C@H](Sc1nc(-c2ccccc2)cc(-c2ccccc2F)c1C#N)C(=O)Nc1ccc(C(=O)/C=C/c2cccs2)cc1. The lowest BCUT2D eigenvalue weighted by Gasteiger charge is -2.16. The van der Waals surface area contributed by atoms with Crippen LogP contribution in [0.1, 0.15) is 27.7 Å². The molecule has 0 aliphatic rings. The number of ketones is 1. The van der Waals surface area contributed by atoms with Crippen LogP contribution in [0.3, 0.4) is 0 Å². The first-order valence-corrected chi connectivity index (χ1v) is 14.8. The molecular weight excluding hydrogens is 566 g/mol. The topological polar surface area (TPSA) is 82.8 Å². The zero-order valence-corrected chi connectivity index (χ0v) is 24.1.